The first kappa shape index (κ1) is 11.6. The number of hydrogen-bond donors (Lipinski definition) is 1. The Kier molecular flexibility index (Phi) is 2.83. The maximum absolute atomic E-state index is 12.8. The summed E-state index contributed by atoms with van der Waals surface area (Å²) in [5.41, 5.74) is 0.533. The smallest absolute Gasteiger partial charge is 0.250 e. The van der Waals surface area contributed by atoms with Gasteiger partial charge in [-0.05, 0) is 38.1 Å². The first-order valence-corrected chi connectivity index (χ1v) is 5.39. The second-order valence-corrected chi connectivity index (χ2v) is 4.09. The van der Waals surface area contributed by atoms with E-state index in [1.165, 1.54) is 29.2 Å². The number of nitrogens with zero attached hydrogens (tertiary/aromatic N) is 1. The van der Waals surface area contributed by atoms with Gasteiger partial charge in [-0.2, -0.15) is 0 Å². The third kappa shape index (κ3) is 2.00. The van der Waals surface area contributed by atoms with E-state index in [1.54, 1.807) is 13.8 Å². The van der Waals surface area contributed by atoms with Crippen molar-refractivity contribution in [2.45, 2.75) is 25.9 Å². The molecule has 1 aromatic rings. The predicted molar refractivity (Wildman–Crippen MR) is 61.0 cm³/mol. The van der Waals surface area contributed by atoms with E-state index in [0.717, 1.165) is 0 Å². The standard InChI is InChI=1S/C12H13FN2O2/c1-7-12(17)15(8(2)11(16)14-7)10-5-3-9(13)4-6-10/h3-8H,1-2H3,(H,14,16). The second-order valence-electron chi connectivity index (χ2n) is 4.09. The molecule has 1 saturated heterocycles. The second kappa shape index (κ2) is 4.16. The number of hydrogen-bond acceptors (Lipinski definition) is 2. The van der Waals surface area contributed by atoms with Crippen LogP contribution in [-0.2, 0) is 9.59 Å². The minimum absolute atomic E-state index is 0.191. The zero-order valence-corrected chi connectivity index (χ0v) is 9.61. The zero-order chi connectivity index (χ0) is 12.6. The molecule has 1 aromatic carbocycles. The van der Waals surface area contributed by atoms with E-state index in [-0.39, 0.29) is 17.6 Å². The van der Waals surface area contributed by atoms with Crippen LogP contribution in [0.2, 0.25) is 0 Å². The number of carbonyl (C=O) groups is 2. The third-order valence-corrected chi connectivity index (χ3v) is 2.84. The molecular formula is C12H13FN2O2. The van der Waals surface area contributed by atoms with Gasteiger partial charge in [0.1, 0.15) is 17.9 Å². The van der Waals surface area contributed by atoms with Gasteiger partial charge in [0, 0.05) is 5.69 Å². The number of amides is 2. The van der Waals surface area contributed by atoms with Gasteiger partial charge < -0.3 is 5.32 Å². The summed E-state index contributed by atoms with van der Waals surface area (Å²) in [4.78, 5) is 25.0. The lowest BCUT2D eigenvalue weighted by Gasteiger charge is -2.36. The van der Waals surface area contributed by atoms with Crippen LogP contribution < -0.4 is 10.2 Å². The molecule has 5 heteroatoms. The number of benzene rings is 1. The van der Waals surface area contributed by atoms with Crippen LogP contribution in [0, 0.1) is 5.82 Å². The number of rotatable bonds is 1. The molecule has 90 valence electrons. The molecule has 0 radical (unpaired) electrons. The number of nitrogens with one attached hydrogen (secondary N) is 1. The fourth-order valence-corrected chi connectivity index (χ4v) is 1.87. The van der Waals surface area contributed by atoms with E-state index in [1.807, 2.05) is 0 Å². The van der Waals surface area contributed by atoms with Crippen molar-refractivity contribution in [3.63, 3.8) is 0 Å². The molecule has 1 N–H and O–H groups in total. The summed E-state index contributed by atoms with van der Waals surface area (Å²) in [6.07, 6.45) is 0. The van der Waals surface area contributed by atoms with Gasteiger partial charge in [0.15, 0.2) is 0 Å². The molecule has 0 spiro atoms. The lowest BCUT2D eigenvalue weighted by atomic mass is 10.1. The highest BCUT2D eigenvalue weighted by molar-refractivity contribution is 6.07. The molecule has 0 bridgehead atoms. The van der Waals surface area contributed by atoms with Crippen molar-refractivity contribution < 1.29 is 14.0 Å². The van der Waals surface area contributed by atoms with Gasteiger partial charge in [-0.1, -0.05) is 0 Å². The van der Waals surface area contributed by atoms with Crippen LogP contribution in [0.5, 0.6) is 0 Å². The molecule has 1 heterocycles. The molecule has 2 rings (SSSR count). The molecule has 0 aromatic heterocycles. The number of anilines is 1. The molecule has 4 nitrogen and oxygen atoms in total. The Labute approximate surface area is 98.4 Å². The van der Waals surface area contributed by atoms with E-state index >= 15 is 0 Å². The first-order valence-electron chi connectivity index (χ1n) is 5.39. The zero-order valence-electron chi connectivity index (χ0n) is 9.61. The molecule has 0 saturated carbocycles. The van der Waals surface area contributed by atoms with Crippen LogP contribution >= 0.6 is 0 Å². The summed E-state index contributed by atoms with van der Waals surface area (Å²) in [6.45, 7) is 3.27. The van der Waals surface area contributed by atoms with Crippen molar-refractivity contribution in [3.05, 3.63) is 30.1 Å². The van der Waals surface area contributed by atoms with Crippen molar-refractivity contribution in [2.24, 2.45) is 0 Å². The van der Waals surface area contributed by atoms with E-state index in [0.29, 0.717) is 5.69 Å². The van der Waals surface area contributed by atoms with Gasteiger partial charge >= 0.3 is 0 Å². The van der Waals surface area contributed by atoms with Gasteiger partial charge in [-0.25, -0.2) is 4.39 Å². The molecule has 1 fully saturated rings. The number of carbonyl (C=O) groups excluding carboxylic acids is 2. The highest BCUT2D eigenvalue weighted by atomic mass is 19.1. The van der Waals surface area contributed by atoms with Gasteiger partial charge in [-0.15, -0.1) is 0 Å². The molecule has 0 aliphatic carbocycles. The lowest BCUT2D eigenvalue weighted by Crippen LogP contribution is -2.61. The minimum atomic E-state index is -0.579. The van der Waals surface area contributed by atoms with Crippen LogP contribution in [0.15, 0.2) is 24.3 Å². The van der Waals surface area contributed by atoms with Gasteiger partial charge in [0.2, 0.25) is 11.8 Å². The fourth-order valence-electron chi connectivity index (χ4n) is 1.87. The molecule has 1 aliphatic rings. The molecule has 2 atom stereocenters. The lowest BCUT2D eigenvalue weighted by molar-refractivity contribution is -0.133. The molecule has 1 aliphatic heterocycles. The first-order chi connectivity index (χ1) is 8.00. The van der Waals surface area contributed by atoms with Crippen LogP contribution in [0.1, 0.15) is 13.8 Å². The Morgan fingerprint density at radius 3 is 2.35 bits per heavy atom. The van der Waals surface area contributed by atoms with Crippen LogP contribution in [0.3, 0.4) is 0 Å². The summed E-state index contributed by atoms with van der Waals surface area (Å²) in [6, 6.07) is 4.40. The van der Waals surface area contributed by atoms with E-state index in [2.05, 4.69) is 5.32 Å². The Hall–Kier alpha value is -1.91. The summed E-state index contributed by atoms with van der Waals surface area (Å²) >= 11 is 0. The van der Waals surface area contributed by atoms with Crippen LogP contribution in [0.4, 0.5) is 10.1 Å². The van der Waals surface area contributed by atoms with E-state index in [4.69, 9.17) is 0 Å². The van der Waals surface area contributed by atoms with Gasteiger partial charge in [0.05, 0.1) is 0 Å². The largest absolute Gasteiger partial charge is 0.343 e. The normalized spacial score (nSPS) is 24.8. The summed E-state index contributed by atoms with van der Waals surface area (Å²) in [7, 11) is 0. The van der Waals surface area contributed by atoms with Crippen LogP contribution in [-0.4, -0.2) is 23.9 Å². The highest BCUT2D eigenvalue weighted by Gasteiger charge is 2.36. The van der Waals surface area contributed by atoms with E-state index in [9.17, 15) is 14.0 Å². The average Bonchev–Trinajstić information content (AvgIpc) is 2.29. The van der Waals surface area contributed by atoms with E-state index < -0.39 is 12.1 Å². The highest BCUT2D eigenvalue weighted by Crippen LogP contribution is 2.21. The summed E-state index contributed by atoms with van der Waals surface area (Å²) in [5.74, 6) is -0.770. The van der Waals surface area contributed by atoms with Crippen molar-refractivity contribution >= 4 is 17.5 Å². The van der Waals surface area contributed by atoms with Gasteiger partial charge in [0.25, 0.3) is 0 Å². The molecular weight excluding hydrogens is 223 g/mol. The third-order valence-electron chi connectivity index (χ3n) is 2.84. The van der Waals surface area contributed by atoms with Crippen molar-refractivity contribution in [3.8, 4) is 0 Å². The SMILES string of the molecule is CC1NC(=O)C(C)N(c2ccc(F)cc2)C1=O. The van der Waals surface area contributed by atoms with Crippen molar-refractivity contribution in [1.29, 1.82) is 0 Å². The minimum Gasteiger partial charge on any atom is -0.343 e. The Morgan fingerprint density at radius 1 is 1.18 bits per heavy atom. The maximum Gasteiger partial charge on any atom is 0.250 e. The predicted octanol–water partition coefficient (Wildman–Crippen LogP) is 1.07. The number of piperazine rings is 1. The summed E-state index contributed by atoms with van der Waals surface area (Å²) in [5, 5.41) is 2.59. The number of halogens is 1. The maximum atomic E-state index is 12.8. The van der Waals surface area contributed by atoms with Crippen LogP contribution in [0.25, 0.3) is 0 Å². The summed E-state index contributed by atoms with van der Waals surface area (Å²) < 4.78 is 12.8. The molecule has 2 unspecified atom stereocenters. The quantitative estimate of drug-likeness (QED) is 0.792. The van der Waals surface area contributed by atoms with Gasteiger partial charge in [-0.3, -0.25) is 14.5 Å². The monoisotopic (exact) mass is 236 g/mol. The Bertz CT molecular complexity index is 458. The Morgan fingerprint density at radius 2 is 1.76 bits per heavy atom. The fraction of sp³-hybridized carbons (Fsp3) is 0.333. The van der Waals surface area contributed by atoms with Crippen molar-refractivity contribution in [1.82, 2.24) is 5.32 Å². The van der Waals surface area contributed by atoms with Crippen molar-refractivity contribution in [2.75, 3.05) is 4.90 Å². The topological polar surface area (TPSA) is 49.4 Å². The molecule has 17 heavy (non-hydrogen) atoms. The molecule has 2 amide bonds. The Balaban J connectivity index is 2.37. The average molecular weight is 236 g/mol.